The summed E-state index contributed by atoms with van der Waals surface area (Å²) in [6, 6.07) is 13.2. The maximum atomic E-state index is 13.6. The van der Waals surface area contributed by atoms with Gasteiger partial charge >= 0.3 is 0 Å². The van der Waals surface area contributed by atoms with E-state index < -0.39 is 11.7 Å². The number of halogens is 2. The molecule has 2 aromatic rings. The first-order valence-corrected chi connectivity index (χ1v) is 6.00. The van der Waals surface area contributed by atoms with Gasteiger partial charge < -0.3 is 0 Å². The first-order chi connectivity index (χ1) is 9.08. The monoisotopic (exact) mass is 278 g/mol. The quantitative estimate of drug-likeness (QED) is 0.874. The Morgan fingerprint density at radius 1 is 1.21 bits per heavy atom. The molecule has 98 valence electrons. The summed E-state index contributed by atoms with van der Waals surface area (Å²) in [7, 11) is 1.68. The Labute approximate surface area is 115 Å². The molecule has 0 bridgehead atoms. The van der Waals surface area contributed by atoms with E-state index in [4.69, 9.17) is 11.6 Å². The van der Waals surface area contributed by atoms with Gasteiger partial charge in [-0.25, -0.2) is 4.39 Å². The summed E-state index contributed by atoms with van der Waals surface area (Å²) in [4.78, 5) is 11.9. The van der Waals surface area contributed by atoms with E-state index >= 15 is 0 Å². The van der Waals surface area contributed by atoms with Gasteiger partial charge in [0.05, 0.1) is 11.3 Å². The van der Waals surface area contributed by atoms with Gasteiger partial charge in [0.25, 0.3) is 5.91 Å². The molecule has 0 heterocycles. The van der Waals surface area contributed by atoms with Gasteiger partial charge in [-0.1, -0.05) is 29.8 Å². The molecule has 0 aliphatic heterocycles. The number of nitrogens with zero attached hydrogens (tertiary/aromatic N) is 1. The molecular weight excluding hydrogens is 267 g/mol. The highest BCUT2D eigenvalue weighted by Gasteiger charge is 2.13. The van der Waals surface area contributed by atoms with Crippen LogP contribution in [0.5, 0.6) is 0 Å². The SMILES string of the molecule is CN(NC(=O)c1ccc(Cl)cc1F)c1ccccc1. The second-order valence-electron chi connectivity index (χ2n) is 3.96. The minimum atomic E-state index is -0.647. The molecule has 0 spiro atoms. The van der Waals surface area contributed by atoms with Gasteiger partial charge in [-0.05, 0) is 30.3 Å². The lowest BCUT2D eigenvalue weighted by Gasteiger charge is -2.20. The molecule has 0 aliphatic rings. The maximum absolute atomic E-state index is 13.6. The zero-order valence-corrected chi connectivity index (χ0v) is 11.0. The molecule has 19 heavy (non-hydrogen) atoms. The van der Waals surface area contributed by atoms with Crippen molar-refractivity contribution in [3.8, 4) is 0 Å². The lowest BCUT2D eigenvalue weighted by molar-refractivity contribution is 0.0947. The molecule has 2 rings (SSSR count). The molecule has 2 aromatic carbocycles. The van der Waals surface area contributed by atoms with Crippen molar-refractivity contribution < 1.29 is 9.18 Å². The predicted octanol–water partition coefficient (Wildman–Crippen LogP) is 3.26. The Hall–Kier alpha value is -2.07. The highest BCUT2D eigenvalue weighted by Crippen LogP contribution is 2.15. The summed E-state index contributed by atoms with van der Waals surface area (Å²) in [6.07, 6.45) is 0. The maximum Gasteiger partial charge on any atom is 0.272 e. The normalized spacial score (nSPS) is 10.1. The van der Waals surface area contributed by atoms with E-state index in [1.54, 1.807) is 7.05 Å². The van der Waals surface area contributed by atoms with Gasteiger partial charge in [-0.3, -0.25) is 15.2 Å². The van der Waals surface area contributed by atoms with E-state index in [2.05, 4.69) is 5.43 Å². The molecule has 0 aromatic heterocycles. The molecule has 3 nitrogen and oxygen atoms in total. The van der Waals surface area contributed by atoms with Gasteiger partial charge in [-0.15, -0.1) is 0 Å². The van der Waals surface area contributed by atoms with Crippen LogP contribution in [0.2, 0.25) is 5.02 Å². The third-order valence-corrected chi connectivity index (χ3v) is 2.82. The highest BCUT2D eigenvalue weighted by atomic mass is 35.5. The summed E-state index contributed by atoms with van der Waals surface area (Å²) >= 11 is 5.64. The molecule has 0 atom stereocenters. The van der Waals surface area contributed by atoms with Gasteiger partial charge in [0.1, 0.15) is 5.82 Å². The van der Waals surface area contributed by atoms with E-state index in [9.17, 15) is 9.18 Å². The van der Waals surface area contributed by atoms with E-state index in [1.807, 2.05) is 30.3 Å². The highest BCUT2D eigenvalue weighted by molar-refractivity contribution is 6.30. The van der Waals surface area contributed by atoms with Crippen LogP contribution in [0.15, 0.2) is 48.5 Å². The fourth-order valence-corrected chi connectivity index (χ4v) is 1.76. The Morgan fingerprint density at radius 3 is 2.53 bits per heavy atom. The number of rotatable bonds is 3. The average molecular weight is 279 g/mol. The Morgan fingerprint density at radius 2 is 1.89 bits per heavy atom. The summed E-state index contributed by atoms with van der Waals surface area (Å²) in [5, 5.41) is 1.78. The summed E-state index contributed by atoms with van der Waals surface area (Å²) in [5.41, 5.74) is 3.33. The second-order valence-corrected chi connectivity index (χ2v) is 4.40. The topological polar surface area (TPSA) is 32.3 Å². The number of anilines is 1. The molecule has 0 saturated heterocycles. The number of hydrogen-bond donors (Lipinski definition) is 1. The van der Waals surface area contributed by atoms with E-state index in [1.165, 1.54) is 17.1 Å². The van der Waals surface area contributed by atoms with Crippen molar-refractivity contribution in [2.24, 2.45) is 0 Å². The van der Waals surface area contributed by atoms with Crippen molar-refractivity contribution in [1.29, 1.82) is 0 Å². The third-order valence-electron chi connectivity index (χ3n) is 2.59. The average Bonchev–Trinajstić information content (AvgIpc) is 2.39. The molecule has 1 amide bonds. The van der Waals surface area contributed by atoms with Crippen molar-refractivity contribution in [3.05, 3.63) is 64.9 Å². The first kappa shape index (κ1) is 13.4. The number of carbonyl (C=O) groups is 1. The molecule has 5 heteroatoms. The zero-order valence-electron chi connectivity index (χ0n) is 10.2. The van der Waals surface area contributed by atoms with E-state index in [0.717, 1.165) is 11.8 Å². The zero-order chi connectivity index (χ0) is 13.8. The van der Waals surface area contributed by atoms with Crippen LogP contribution in [0.1, 0.15) is 10.4 Å². The van der Waals surface area contributed by atoms with Crippen molar-refractivity contribution in [2.75, 3.05) is 12.1 Å². The lowest BCUT2D eigenvalue weighted by atomic mass is 10.2. The van der Waals surface area contributed by atoms with Crippen molar-refractivity contribution >= 4 is 23.2 Å². The van der Waals surface area contributed by atoms with Crippen LogP contribution in [0.4, 0.5) is 10.1 Å². The molecule has 0 radical (unpaired) electrons. The van der Waals surface area contributed by atoms with Crippen LogP contribution in [0.3, 0.4) is 0 Å². The molecule has 0 unspecified atom stereocenters. The van der Waals surface area contributed by atoms with E-state index in [-0.39, 0.29) is 10.6 Å². The first-order valence-electron chi connectivity index (χ1n) is 5.63. The number of amides is 1. The smallest absolute Gasteiger partial charge is 0.272 e. The van der Waals surface area contributed by atoms with Gasteiger partial charge in [0, 0.05) is 12.1 Å². The Balaban J connectivity index is 2.13. The Bertz CT molecular complexity index is 589. The van der Waals surface area contributed by atoms with Gasteiger partial charge in [0.15, 0.2) is 0 Å². The Kier molecular flexibility index (Phi) is 4.02. The molecule has 0 aliphatic carbocycles. The number of para-hydroxylation sites is 1. The lowest BCUT2D eigenvalue weighted by Crippen LogP contribution is -2.39. The minimum absolute atomic E-state index is 0.0489. The third kappa shape index (κ3) is 3.23. The van der Waals surface area contributed by atoms with Crippen molar-refractivity contribution in [2.45, 2.75) is 0 Å². The minimum Gasteiger partial charge on any atom is -0.288 e. The molecule has 0 saturated carbocycles. The second kappa shape index (κ2) is 5.71. The van der Waals surface area contributed by atoms with Crippen molar-refractivity contribution in [3.63, 3.8) is 0 Å². The molecule has 0 fully saturated rings. The standard InChI is InChI=1S/C14H12ClFN2O/c1-18(11-5-3-2-4-6-11)17-14(19)12-8-7-10(15)9-13(12)16/h2-9H,1H3,(H,17,19). The van der Waals surface area contributed by atoms with Crippen LogP contribution in [0, 0.1) is 5.82 Å². The van der Waals surface area contributed by atoms with Crippen LogP contribution >= 0.6 is 11.6 Å². The number of hydrogen-bond acceptors (Lipinski definition) is 2. The largest absolute Gasteiger partial charge is 0.288 e. The fourth-order valence-electron chi connectivity index (χ4n) is 1.60. The van der Waals surface area contributed by atoms with Crippen LogP contribution < -0.4 is 10.4 Å². The summed E-state index contributed by atoms with van der Waals surface area (Å²) in [5.74, 6) is -1.17. The predicted molar refractivity (Wildman–Crippen MR) is 73.7 cm³/mol. The number of hydrazine groups is 1. The van der Waals surface area contributed by atoms with Crippen LogP contribution in [0.25, 0.3) is 0 Å². The molecule has 1 N–H and O–H groups in total. The summed E-state index contributed by atoms with van der Waals surface area (Å²) < 4.78 is 13.6. The van der Waals surface area contributed by atoms with Crippen LogP contribution in [-0.2, 0) is 0 Å². The van der Waals surface area contributed by atoms with Crippen molar-refractivity contribution in [1.82, 2.24) is 5.43 Å². The summed E-state index contributed by atoms with van der Waals surface area (Å²) in [6.45, 7) is 0. The van der Waals surface area contributed by atoms with E-state index in [0.29, 0.717) is 0 Å². The van der Waals surface area contributed by atoms with Crippen LogP contribution in [-0.4, -0.2) is 13.0 Å². The van der Waals surface area contributed by atoms with Gasteiger partial charge in [-0.2, -0.15) is 0 Å². The number of carbonyl (C=O) groups excluding carboxylic acids is 1. The number of nitrogens with one attached hydrogen (secondary N) is 1. The molecular formula is C14H12ClFN2O. The fraction of sp³-hybridized carbons (Fsp3) is 0.0714. The van der Waals surface area contributed by atoms with Gasteiger partial charge in [0.2, 0.25) is 0 Å². The number of benzene rings is 2.